The van der Waals surface area contributed by atoms with E-state index >= 15 is 4.39 Å². The minimum Gasteiger partial charge on any atom is -0.381 e. The second kappa shape index (κ2) is 4.92. The third-order valence-corrected chi connectivity index (χ3v) is 6.14. The first kappa shape index (κ1) is 13.5. The number of hydrogen-bond donors (Lipinski definition) is 1. The molecule has 4 fully saturated rings. The van der Waals surface area contributed by atoms with Crippen molar-refractivity contribution in [2.75, 3.05) is 19.8 Å². The second-order valence-electron chi connectivity index (χ2n) is 7.41. The molecule has 4 aliphatic heterocycles. The van der Waals surface area contributed by atoms with Crippen molar-refractivity contribution in [1.82, 2.24) is 5.32 Å². The zero-order valence-electron chi connectivity index (χ0n) is 12.2. The van der Waals surface area contributed by atoms with Crippen LogP contribution in [0.15, 0.2) is 0 Å². The minimum atomic E-state index is -0.952. The van der Waals surface area contributed by atoms with Crippen molar-refractivity contribution in [3.8, 4) is 0 Å². The molecule has 1 spiro atoms. The van der Waals surface area contributed by atoms with E-state index in [-0.39, 0.29) is 11.5 Å². The molecule has 4 aliphatic rings. The van der Waals surface area contributed by atoms with E-state index in [1.54, 1.807) is 0 Å². The lowest BCUT2D eigenvalue weighted by Crippen LogP contribution is -2.54. The average molecular weight is 283 g/mol. The van der Waals surface area contributed by atoms with Gasteiger partial charge in [0.15, 0.2) is 0 Å². The van der Waals surface area contributed by atoms with Crippen molar-refractivity contribution in [2.45, 2.75) is 74.7 Å². The summed E-state index contributed by atoms with van der Waals surface area (Å²) in [7, 11) is 0. The summed E-state index contributed by atoms with van der Waals surface area (Å²) < 4.78 is 27.2. The highest BCUT2D eigenvalue weighted by Gasteiger charge is 2.52. The van der Waals surface area contributed by atoms with Crippen LogP contribution in [0.3, 0.4) is 0 Å². The highest BCUT2D eigenvalue weighted by Crippen LogP contribution is 2.49. The molecular formula is C16H26FNO2. The van der Waals surface area contributed by atoms with Crippen LogP contribution < -0.4 is 5.32 Å². The van der Waals surface area contributed by atoms with Crippen LogP contribution in [-0.2, 0) is 9.47 Å². The molecule has 4 heterocycles. The Kier molecular flexibility index (Phi) is 3.32. The minimum absolute atomic E-state index is 0.0792. The lowest BCUT2D eigenvalue weighted by atomic mass is 9.69. The van der Waals surface area contributed by atoms with Gasteiger partial charge in [0.05, 0.1) is 5.60 Å². The Bertz CT molecular complexity index is 352. The van der Waals surface area contributed by atoms with E-state index in [0.29, 0.717) is 12.1 Å². The molecule has 3 unspecified atom stereocenters. The van der Waals surface area contributed by atoms with Crippen molar-refractivity contribution in [3.05, 3.63) is 0 Å². The van der Waals surface area contributed by atoms with Crippen LogP contribution in [0.5, 0.6) is 0 Å². The SMILES string of the molecule is FC1(C2CCOC3(CCOCC3)C2)CC2CCC(C1)N2. The third kappa shape index (κ3) is 2.30. The Balaban J connectivity index is 1.50. The number of rotatable bonds is 1. The molecule has 0 aromatic rings. The number of fused-ring (bicyclic) bond motifs is 2. The third-order valence-electron chi connectivity index (χ3n) is 6.14. The fourth-order valence-corrected chi connectivity index (χ4v) is 5.02. The highest BCUT2D eigenvalue weighted by molar-refractivity contribution is 5.05. The summed E-state index contributed by atoms with van der Waals surface area (Å²) in [6.07, 6.45) is 7.48. The van der Waals surface area contributed by atoms with Crippen molar-refractivity contribution in [1.29, 1.82) is 0 Å². The molecule has 0 saturated carbocycles. The maximum Gasteiger partial charge on any atom is 0.117 e. The van der Waals surface area contributed by atoms with E-state index in [4.69, 9.17) is 9.47 Å². The average Bonchev–Trinajstić information content (AvgIpc) is 2.79. The van der Waals surface area contributed by atoms with E-state index < -0.39 is 5.67 Å². The molecule has 2 bridgehead atoms. The van der Waals surface area contributed by atoms with Crippen LogP contribution in [0.25, 0.3) is 0 Å². The highest BCUT2D eigenvalue weighted by atomic mass is 19.1. The maximum absolute atomic E-state index is 15.6. The van der Waals surface area contributed by atoms with Crippen LogP contribution in [0.4, 0.5) is 4.39 Å². The van der Waals surface area contributed by atoms with Crippen molar-refractivity contribution in [2.24, 2.45) is 5.92 Å². The summed E-state index contributed by atoms with van der Waals surface area (Å²) in [5, 5.41) is 3.56. The second-order valence-corrected chi connectivity index (χ2v) is 7.41. The van der Waals surface area contributed by atoms with Gasteiger partial charge >= 0.3 is 0 Å². The van der Waals surface area contributed by atoms with Crippen molar-refractivity contribution >= 4 is 0 Å². The van der Waals surface area contributed by atoms with Crippen LogP contribution in [0.2, 0.25) is 0 Å². The zero-order valence-corrected chi connectivity index (χ0v) is 12.2. The quantitative estimate of drug-likeness (QED) is 0.802. The Labute approximate surface area is 120 Å². The van der Waals surface area contributed by atoms with Gasteiger partial charge < -0.3 is 14.8 Å². The number of hydrogen-bond acceptors (Lipinski definition) is 3. The number of halogens is 1. The van der Waals surface area contributed by atoms with Crippen LogP contribution in [-0.4, -0.2) is 43.2 Å². The van der Waals surface area contributed by atoms with Gasteiger partial charge in [-0.1, -0.05) is 0 Å². The first-order valence-corrected chi connectivity index (χ1v) is 8.34. The molecule has 4 saturated heterocycles. The van der Waals surface area contributed by atoms with Crippen LogP contribution in [0.1, 0.15) is 51.4 Å². The predicted molar refractivity (Wildman–Crippen MR) is 74.5 cm³/mol. The van der Waals surface area contributed by atoms with Crippen LogP contribution >= 0.6 is 0 Å². The maximum atomic E-state index is 15.6. The molecule has 20 heavy (non-hydrogen) atoms. The largest absolute Gasteiger partial charge is 0.381 e. The molecule has 4 heteroatoms. The molecule has 114 valence electrons. The summed E-state index contributed by atoms with van der Waals surface area (Å²) in [6, 6.07) is 0.847. The Morgan fingerprint density at radius 2 is 1.60 bits per heavy atom. The van der Waals surface area contributed by atoms with Gasteiger partial charge in [-0.15, -0.1) is 0 Å². The summed E-state index contributed by atoms with van der Waals surface area (Å²) >= 11 is 0. The topological polar surface area (TPSA) is 30.5 Å². The standard InChI is InChI=1S/C16H26FNO2/c17-16(10-13-1-2-14(11-16)18-13)12-3-6-20-15(9-12)4-7-19-8-5-15/h12-14,18H,1-11H2. The summed E-state index contributed by atoms with van der Waals surface area (Å²) in [4.78, 5) is 0. The molecule has 0 aromatic heterocycles. The molecule has 1 N–H and O–H groups in total. The summed E-state index contributed by atoms with van der Waals surface area (Å²) in [6.45, 7) is 2.29. The molecule has 4 rings (SSSR count). The monoisotopic (exact) mass is 283 g/mol. The van der Waals surface area contributed by atoms with E-state index in [9.17, 15) is 0 Å². The lowest BCUT2D eigenvalue weighted by molar-refractivity contribution is -0.168. The molecule has 3 nitrogen and oxygen atoms in total. The number of nitrogens with one attached hydrogen (secondary N) is 1. The fourth-order valence-electron chi connectivity index (χ4n) is 5.02. The van der Waals surface area contributed by atoms with Crippen LogP contribution in [0, 0.1) is 5.92 Å². The number of alkyl halides is 1. The Morgan fingerprint density at radius 1 is 0.900 bits per heavy atom. The first-order valence-electron chi connectivity index (χ1n) is 8.34. The van der Waals surface area contributed by atoms with Gasteiger partial charge in [0.1, 0.15) is 5.67 Å². The van der Waals surface area contributed by atoms with Gasteiger partial charge in [-0.2, -0.15) is 0 Å². The normalized spacial score (nSPS) is 47.5. The molecule has 0 aliphatic carbocycles. The molecule has 0 radical (unpaired) electrons. The van der Waals surface area contributed by atoms with E-state index in [2.05, 4.69) is 5.32 Å². The van der Waals surface area contributed by atoms with Crippen molar-refractivity contribution < 1.29 is 13.9 Å². The molecule has 0 aromatic carbocycles. The first-order chi connectivity index (χ1) is 9.68. The van der Waals surface area contributed by atoms with E-state index in [1.165, 1.54) is 12.8 Å². The summed E-state index contributed by atoms with van der Waals surface area (Å²) in [5.41, 5.74) is -1.03. The van der Waals surface area contributed by atoms with Gasteiger partial charge in [0, 0.05) is 31.9 Å². The smallest absolute Gasteiger partial charge is 0.117 e. The fraction of sp³-hybridized carbons (Fsp3) is 1.00. The Morgan fingerprint density at radius 3 is 2.30 bits per heavy atom. The van der Waals surface area contributed by atoms with E-state index in [1.807, 2.05) is 0 Å². The molecule has 0 amide bonds. The molecule has 3 atom stereocenters. The lowest BCUT2D eigenvalue weighted by Gasteiger charge is -2.49. The van der Waals surface area contributed by atoms with Crippen molar-refractivity contribution in [3.63, 3.8) is 0 Å². The van der Waals surface area contributed by atoms with Gasteiger partial charge in [-0.25, -0.2) is 4.39 Å². The van der Waals surface area contributed by atoms with Gasteiger partial charge in [-0.05, 0) is 57.3 Å². The van der Waals surface area contributed by atoms with Gasteiger partial charge in [0.25, 0.3) is 0 Å². The zero-order chi connectivity index (χ0) is 13.6. The van der Waals surface area contributed by atoms with E-state index in [0.717, 1.165) is 58.3 Å². The number of ether oxygens (including phenoxy) is 2. The predicted octanol–water partition coefficient (Wildman–Crippen LogP) is 2.58. The van der Waals surface area contributed by atoms with Gasteiger partial charge in [-0.3, -0.25) is 0 Å². The number of piperidine rings is 1. The molecular weight excluding hydrogens is 257 g/mol. The Hall–Kier alpha value is -0.190. The van der Waals surface area contributed by atoms with Gasteiger partial charge in [0.2, 0.25) is 0 Å². The summed E-state index contributed by atoms with van der Waals surface area (Å²) in [5.74, 6) is 0.194.